The molecular weight excluding hydrogens is 211 g/mol. The lowest BCUT2D eigenvalue weighted by Crippen LogP contribution is -1.77. The van der Waals surface area contributed by atoms with Crippen molar-refractivity contribution in [1.29, 1.82) is 0 Å². The van der Waals surface area contributed by atoms with E-state index in [0.29, 0.717) is 0 Å². The number of hydrogen-bond acceptors (Lipinski definition) is 0. The van der Waals surface area contributed by atoms with Crippen LogP contribution < -0.4 is 0 Å². The van der Waals surface area contributed by atoms with Gasteiger partial charge < -0.3 is 0 Å². The zero-order valence-corrected chi connectivity index (χ0v) is 8.93. The van der Waals surface area contributed by atoms with E-state index in [1.807, 2.05) is 0 Å². The Hall–Kier alpha value is 0.510. The van der Waals surface area contributed by atoms with Crippen LogP contribution in [0.4, 0.5) is 0 Å². The van der Waals surface area contributed by atoms with E-state index in [-0.39, 0.29) is 0 Å². The molecule has 0 radical (unpaired) electrons. The Kier molecular flexibility index (Phi) is 6.55. The second-order valence-electron chi connectivity index (χ2n) is 2.31. The lowest BCUT2D eigenvalue weighted by atomic mass is 10.2. The molecule has 0 nitrogen and oxygen atoms in total. The summed E-state index contributed by atoms with van der Waals surface area (Å²) in [6.45, 7) is 4.28. The van der Waals surface area contributed by atoms with E-state index in [2.05, 4.69) is 29.8 Å². The van der Waals surface area contributed by atoms with Crippen LogP contribution in [0.25, 0.3) is 0 Å². The Morgan fingerprint density at radius 2 is 1.70 bits per heavy atom. The lowest BCUT2D eigenvalue weighted by Gasteiger charge is -1.99. The summed E-state index contributed by atoms with van der Waals surface area (Å²) in [5.74, 6) is 0. The van der Waals surface area contributed by atoms with Crippen LogP contribution in [0, 0.1) is 0 Å². The van der Waals surface area contributed by atoms with Gasteiger partial charge in [-0.2, -0.15) is 0 Å². The average Bonchev–Trinajstić information content (AvgIpc) is 1.89. The molecule has 0 aliphatic carbocycles. The van der Waals surface area contributed by atoms with Gasteiger partial charge in [-0.15, -0.1) is 0 Å². The first-order chi connectivity index (χ1) is 4.72. The highest BCUT2D eigenvalue weighted by Gasteiger charge is 1.97. The van der Waals surface area contributed by atoms with Crippen molar-refractivity contribution in [2.75, 3.05) is 0 Å². The Morgan fingerprint density at radius 3 is 2.10 bits per heavy atom. The summed E-state index contributed by atoms with van der Waals surface area (Å²) in [6, 6.07) is 0. The van der Waals surface area contributed by atoms with Gasteiger partial charge >= 0.3 is 0 Å². The van der Waals surface area contributed by atoms with Gasteiger partial charge in [-0.3, -0.25) is 0 Å². The molecule has 0 aromatic rings. The highest BCUT2D eigenvalue weighted by atomic mass is 79.9. The summed E-state index contributed by atoms with van der Waals surface area (Å²) in [4.78, 5) is 0. The third-order valence-corrected chi connectivity index (χ3v) is 2.75. The molecule has 0 saturated carbocycles. The first-order valence-electron chi connectivity index (χ1n) is 3.75. The molecule has 0 saturated heterocycles. The SMILES string of the molecule is CCCC(Cl)=C(Br)CCC. The van der Waals surface area contributed by atoms with Gasteiger partial charge in [0.15, 0.2) is 0 Å². The normalized spacial score (nSPS) is 13.2. The van der Waals surface area contributed by atoms with Crippen molar-refractivity contribution in [3.63, 3.8) is 0 Å². The molecule has 0 bridgehead atoms. The van der Waals surface area contributed by atoms with Crippen molar-refractivity contribution < 1.29 is 0 Å². The maximum absolute atomic E-state index is 5.94. The topological polar surface area (TPSA) is 0 Å². The minimum atomic E-state index is 0.990. The van der Waals surface area contributed by atoms with E-state index < -0.39 is 0 Å². The molecule has 0 spiro atoms. The minimum Gasteiger partial charge on any atom is -0.0883 e. The average molecular weight is 226 g/mol. The number of halogens is 2. The van der Waals surface area contributed by atoms with Crippen LogP contribution >= 0.6 is 27.5 Å². The van der Waals surface area contributed by atoms with Crippen molar-refractivity contribution in [2.24, 2.45) is 0 Å². The summed E-state index contributed by atoms with van der Waals surface area (Å²) >= 11 is 9.40. The van der Waals surface area contributed by atoms with Crippen molar-refractivity contribution in [1.82, 2.24) is 0 Å². The third kappa shape index (κ3) is 4.35. The second-order valence-corrected chi connectivity index (χ2v) is 3.72. The first kappa shape index (κ1) is 10.5. The first-order valence-corrected chi connectivity index (χ1v) is 4.92. The van der Waals surface area contributed by atoms with Gasteiger partial charge in [-0.25, -0.2) is 0 Å². The Balaban J connectivity index is 3.79. The smallest absolute Gasteiger partial charge is 0.0281 e. The molecule has 0 rings (SSSR count). The maximum Gasteiger partial charge on any atom is 0.0281 e. The van der Waals surface area contributed by atoms with Gasteiger partial charge in [0.25, 0.3) is 0 Å². The van der Waals surface area contributed by atoms with E-state index in [1.165, 1.54) is 4.48 Å². The summed E-state index contributed by atoms with van der Waals surface area (Å²) in [7, 11) is 0. The Bertz CT molecular complexity index is 104. The summed E-state index contributed by atoms with van der Waals surface area (Å²) in [5, 5.41) is 0.990. The molecule has 0 aliphatic heterocycles. The predicted molar refractivity (Wildman–Crippen MR) is 51.6 cm³/mol. The van der Waals surface area contributed by atoms with Gasteiger partial charge in [0.1, 0.15) is 0 Å². The standard InChI is InChI=1S/C8H14BrCl/c1-3-5-7(9)8(10)6-4-2/h3-6H2,1-2H3. The molecule has 0 N–H and O–H groups in total. The van der Waals surface area contributed by atoms with E-state index in [0.717, 1.165) is 30.7 Å². The second kappa shape index (κ2) is 6.23. The van der Waals surface area contributed by atoms with Crippen LogP contribution in [-0.2, 0) is 0 Å². The molecule has 0 aliphatic rings. The molecular formula is C8H14BrCl. The van der Waals surface area contributed by atoms with Crippen molar-refractivity contribution >= 4 is 27.5 Å². The molecule has 0 fully saturated rings. The molecule has 0 atom stereocenters. The van der Waals surface area contributed by atoms with Crippen molar-refractivity contribution in [2.45, 2.75) is 39.5 Å². The van der Waals surface area contributed by atoms with E-state index in [1.54, 1.807) is 0 Å². The van der Waals surface area contributed by atoms with E-state index >= 15 is 0 Å². The fraction of sp³-hybridized carbons (Fsp3) is 0.750. The quantitative estimate of drug-likeness (QED) is 0.664. The van der Waals surface area contributed by atoms with E-state index in [4.69, 9.17) is 11.6 Å². The number of rotatable bonds is 4. The highest BCUT2D eigenvalue weighted by Crippen LogP contribution is 2.24. The van der Waals surface area contributed by atoms with Gasteiger partial charge in [0.05, 0.1) is 0 Å². The lowest BCUT2D eigenvalue weighted by molar-refractivity contribution is 0.903. The fourth-order valence-corrected chi connectivity index (χ4v) is 1.59. The molecule has 0 aromatic carbocycles. The largest absolute Gasteiger partial charge is 0.0883 e. The third-order valence-electron chi connectivity index (χ3n) is 1.23. The minimum absolute atomic E-state index is 0.990. The summed E-state index contributed by atoms with van der Waals surface area (Å²) in [6.07, 6.45) is 4.35. The number of hydrogen-bond donors (Lipinski definition) is 0. The van der Waals surface area contributed by atoms with Crippen molar-refractivity contribution in [3.8, 4) is 0 Å². The monoisotopic (exact) mass is 224 g/mol. The molecule has 2 heteroatoms. The van der Waals surface area contributed by atoms with Gasteiger partial charge in [-0.05, 0) is 12.8 Å². The van der Waals surface area contributed by atoms with Gasteiger partial charge in [-0.1, -0.05) is 54.2 Å². The van der Waals surface area contributed by atoms with Gasteiger partial charge in [0, 0.05) is 9.51 Å². The predicted octanol–water partition coefficient (Wildman–Crippen LogP) is 4.43. The molecule has 0 unspecified atom stereocenters. The zero-order chi connectivity index (χ0) is 7.98. The zero-order valence-electron chi connectivity index (χ0n) is 6.58. The maximum atomic E-state index is 5.94. The van der Waals surface area contributed by atoms with Crippen LogP contribution in [-0.4, -0.2) is 0 Å². The molecule has 60 valence electrons. The van der Waals surface area contributed by atoms with Gasteiger partial charge in [0.2, 0.25) is 0 Å². The van der Waals surface area contributed by atoms with Crippen LogP contribution in [0.3, 0.4) is 0 Å². The Morgan fingerprint density at radius 1 is 1.20 bits per heavy atom. The van der Waals surface area contributed by atoms with Crippen molar-refractivity contribution in [3.05, 3.63) is 9.51 Å². The fourth-order valence-electron chi connectivity index (χ4n) is 0.710. The summed E-state index contributed by atoms with van der Waals surface area (Å²) < 4.78 is 1.18. The van der Waals surface area contributed by atoms with E-state index in [9.17, 15) is 0 Å². The Labute approximate surface area is 76.8 Å². The molecule has 0 heterocycles. The summed E-state index contributed by atoms with van der Waals surface area (Å²) in [5.41, 5.74) is 0. The van der Waals surface area contributed by atoms with Crippen LogP contribution in [0.5, 0.6) is 0 Å². The highest BCUT2D eigenvalue weighted by molar-refractivity contribution is 9.11. The molecule has 10 heavy (non-hydrogen) atoms. The van der Waals surface area contributed by atoms with Crippen LogP contribution in [0.1, 0.15) is 39.5 Å². The van der Waals surface area contributed by atoms with Crippen LogP contribution in [0.15, 0.2) is 9.51 Å². The number of allylic oxidation sites excluding steroid dienone is 2. The van der Waals surface area contributed by atoms with Crippen LogP contribution in [0.2, 0.25) is 0 Å². The molecule has 0 aromatic heterocycles. The molecule has 0 amide bonds.